The van der Waals surface area contributed by atoms with Gasteiger partial charge in [0.2, 0.25) is 0 Å². The minimum atomic E-state index is -0.803. The second-order valence-electron chi connectivity index (χ2n) is 20.3. The molecule has 0 heterocycles. The van der Waals surface area contributed by atoms with Crippen LogP contribution in [0, 0.1) is 0 Å². The quantitative estimate of drug-likeness (QED) is 0.0261. The molecule has 0 aliphatic rings. The fourth-order valence-corrected chi connectivity index (χ4v) is 8.67. The lowest BCUT2D eigenvalue weighted by Crippen LogP contribution is -2.30. The van der Waals surface area contributed by atoms with Gasteiger partial charge in [0.25, 0.3) is 0 Å². The highest BCUT2D eigenvalue weighted by Crippen LogP contribution is 2.16. The largest absolute Gasteiger partial charge is 0.462 e. The summed E-state index contributed by atoms with van der Waals surface area (Å²) in [6.45, 7) is 6.60. The van der Waals surface area contributed by atoms with Crippen molar-refractivity contribution in [3.8, 4) is 0 Å². The maximum absolute atomic E-state index is 12.9. The van der Waals surface area contributed by atoms with Gasteiger partial charge in [0, 0.05) is 19.3 Å². The molecular formula is C64H114O6. The fourth-order valence-electron chi connectivity index (χ4n) is 8.67. The molecule has 0 spiro atoms. The Hall–Kier alpha value is -2.89. The van der Waals surface area contributed by atoms with Crippen LogP contribution in [0.5, 0.6) is 0 Å². The average Bonchev–Trinajstić information content (AvgIpc) is 3.36. The van der Waals surface area contributed by atoms with Gasteiger partial charge in [0.15, 0.2) is 6.10 Å². The molecule has 0 bridgehead atoms. The van der Waals surface area contributed by atoms with Gasteiger partial charge >= 0.3 is 17.9 Å². The monoisotopic (exact) mass is 979 g/mol. The third-order valence-corrected chi connectivity index (χ3v) is 13.2. The van der Waals surface area contributed by atoms with E-state index in [0.29, 0.717) is 19.3 Å². The molecular weight excluding hydrogens is 865 g/mol. The number of hydrogen-bond donors (Lipinski definition) is 0. The first kappa shape index (κ1) is 67.1. The smallest absolute Gasteiger partial charge is 0.306 e. The Balaban J connectivity index is 4.43. The Morgan fingerprint density at radius 1 is 0.286 bits per heavy atom. The highest BCUT2D eigenvalue weighted by atomic mass is 16.6. The van der Waals surface area contributed by atoms with E-state index in [2.05, 4.69) is 81.5 Å². The topological polar surface area (TPSA) is 78.9 Å². The van der Waals surface area contributed by atoms with E-state index in [4.69, 9.17) is 14.2 Å². The van der Waals surface area contributed by atoms with E-state index in [1.165, 1.54) is 199 Å². The zero-order valence-electron chi connectivity index (χ0n) is 46.5. The summed E-state index contributed by atoms with van der Waals surface area (Å²) in [5.41, 5.74) is 0. The highest BCUT2D eigenvalue weighted by Gasteiger charge is 2.19. The van der Waals surface area contributed by atoms with Gasteiger partial charge < -0.3 is 14.2 Å². The van der Waals surface area contributed by atoms with Crippen LogP contribution in [0.2, 0.25) is 0 Å². The lowest BCUT2D eigenvalue weighted by molar-refractivity contribution is -0.167. The number of esters is 3. The van der Waals surface area contributed by atoms with Gasteiger partial charge in [-0.25, -0.2) is 0 Å². The second-order valence-corrected chi connectivity index (χ2v) is 20.3. The minimum Gasteiger partial charge on any atom is -0.462 e. The molecule has 406 valence electrons. The lowest BCUT2D eigenvalue weighted by Gasteiger charge is -2.18. The summed E-state index contributed by atoms with van der Waals surface area (Å²) < 4.78 is 16.9. The first-order valence-corrected chi connectivity index (χ1v) is 30.3. The molecule has 0 aromatic heterocycles. The summed E-state index contributed by atoms with van der Waals surface area (Å²) in [5.74, 6) is -0.940. The van der Waals surface area contributed by atoms with Gasteiger partial charge in [-0.05, 0) is 83.5 Å². The number of carbonyl (C=O) groups excluding carboxylic acids is 3. The molecule has 0 amide bonds. The summed E-state index contributed by atoms with van der Waals surface area (Å²) in [6, 6.07) is 0. The van der Waals surface area contributed by atoms with E-state index in [-0.39, 0.29) is 37.5 Å². The number of allylic oxidation sites excluding steroid dienone is 10. The summed E-state index contributed by atoms with van der Waals surface area (Å²) >= 11 is 0. The molecule has 0 rings (SSSR count). The molecule has 0 aromatic carbocycles. The molecule has 6 nitrogen and oxygen atoms in total. The van der Waals surface area contributed by atoms with Gasteiger partial charge in [-0.2, -0.15) is 0 Å². The van der Waals surface area contributed by atoms with E-state index in [1.807, 2.05) is 0 Å². The molecule has 0 fully saturated rings. The van der Waals surface area contributed by atoms with Crippen LogP contribution in [0.1, 0.15) is 310 Å². The predicted octanol–water partition coefficient (Wildman–Crippen LogP) is 20.4. The van der Waals surface area contributed by atoms with Crippen LogP contribution < -0.4 is 0 Å². The maximum Gasteiger partial charge on any atom is 0.306 e. The number of hydrogen-bond acceptors (Lipinski definition) is 6. The van der Waals surface area contributed by atoms with Crippen molar-refractivity contribution in [3.63, 3.8) is 0 Å². The molecule has 6 heteroatoms. The van der Waals surface area contributed by atoms with Crippen LogP contribution in [0.3, 0.4) is 0 Å². The second kappa shape index (κ2) is 58.7. The molecule has 0 aliphatic carbocycles. The van der Waals surface area contributed by atoms with Crippen molar-refractivity contribution in [2.24, 2.45) is 0 Å². The predicted molar refractivity (Wildman–Crippen MR) is 302 cm³/mol. The number of carbonyl (C=O) groups is 3. The Bertz CT molecular complexity index is 1260. The van der Waals surface area contributed by atoms with E-state index < -0.39 is 6.10 Å². The molecule has 0 aromatic rings. The molecule has 1 unspecified atom stereocenters. The average molecular weight is 980 g/mol. The molecule has 0 aliphatic heterocycles. The molecule has 0 radical (unpaired) electrons. The van der Waals surface area contributed by atoms with E-state index >= 15 is 0 Å². The van der Waals surface area contributed by atoms with Gasteiger partial charge in [-0.3, -0.25) is 14.4 Å². The van der Waals surface area contributed by atoms with Crippen molar-refractivity contribution in [3.05, 3.63) is 60.8 Å². The SMILES string of the molecule is CCCCC/C=C\C/C=C\C/C=C\C/C=C\CCCC(=O)OC(COC(=O)CCCCCCCCC/C=C\CCCCCCCC)COC(=O)CCCCCCCCCCCCCCCCCCCC. The summed E-state index contributed by atoms with van der Waals surface area (Å²) in [4.78, 5) is 38.2. The van der Waals surface area contributed by atoms with E-state index in [9.17, 15) is 14.4 Å². The molecule has 1 atom stereocenters. The normalized spacial score (nSPS) is 12.4. The van der Waals surface area contributed by atoms with Crippen molar-refractivity contribution in [2.75, 3.05) is 13.2 Å². The minimum absolute atomic E-state index is 0.0943. The Morgan fingerprint density at radius 3 is 0.886 bits per heavy atom. The number of ether oxygens (including phenoxy) is 3. The van der Waals surface area contributed by atoms with E-state index in [0.717, 1.165) is 64.2 Å². The summed E-state index contributed by atoms with van der Waals surface area (Å²) in [7, 11) is 0. The van der Waals surface area contributed by atoms with E-state index in [1.54, 1.807) is 0 Å². The standard InChI is InChI=1S/C64H114O6/c1-4-7-10-13-16-19-22-25-28-31-34-36-39-42-45-48-51-54-57-63(66)69-60-61(70-64(67)58-55-52-49-46-43-40-37-33-30-27-24-21-18-15-12-9-6-3)59-68-62(65)56-53-50-47-44-41-38-35-32-29-26-23-20-17-14-11-8-5-2/h18,21,26-27,29-30,37,40,46,49,61H,4-17,19-20,22-25,28,31-36,38-39,41-45,47-48,50-60H2,1-3H3/b21-18-,29-26-,30-27-,40-37-,49-46-. The van der Waals surface area contributed by atoms with Gasteiger partial charge in [0.05, 0.1) is 0 Å². The van der Waals surface area contributed by atoms with Gasteiger partial charge in [0.1, 0.15) is 13.2 Å². The van der Waals surface area contributed by atoms with Crippen molar-refractivity contribution in [1.29, 1.82) is 0 Å². The molecule has 0 saturated carbocycles. The Morgan fingerprint density at radius 2 is 0.529 bits per heavy atom. The van der Waals surface area contributed by atoms with Crippen molar-refractivity contribution in [2.45, 2.75) is 316 Å². The van der Waals surface area contributed by atoms with Crippen molar-refractivity contribution in [1.82, 2.24) is 0 Å². The zero-order chi connectivity index (χ0) is 50.7. The first-order chi connectivity index (χ1) is 34.5. The maximum atomic E-state index is 12.9. The number of rotatable bonds is 55. The van der Waals surface area contributed by atoms with Crippen molar-refractivity contribution < 1.29 is 28.6 Å². The van der Waals surface area contributed by atoms with Gasteiger partial charge in [-0.15, -0.1) is 0 Å². The highest BCUT2D eigenvalue weighted by molar-refractivity contribution is 5.71. The van der Waals surface area contributed by atoms with Crippen LogP contribution in [0.25, 0.3) is 0 Å². The van der Waals surface area contributed by atoms with Crippen LogP contribution in [-0.2, 0) is 28.6 Å². The van der Waals surface area contributed by atoms with Gasteiger partial charge in [-0.1, -0.05) is 268 Å². The number of unbranched alkanes of at least 4 members (excludes halogenated alkanes) is 34. The molecule has 0 saturated heterocycles. The summed E-state index contributed by atoms with van der Waals surface area (Å²) in [6.07, 6.45) is 73.6. The Labute approximate surface area is 434 Å². The third-order valence-electron chi connectivity index (χ3n) is 13.2. The molecule has 70 heavy (non-hydrogen) atoms. The first-order valence-electron chi connectivity index (χ1n) is 30.3. The molecule has 0 N–H and O–H groups in total. The van der Waals surface area contributed by atoms with Crippen LogP contribution >= 0.6 is 0 Å². The zero-order valence-corrected chi connectivity index (χ0v) is 46.5. The fraction of sp³-hybridized carbons (Fsp3) is 0.797. The van der Waals surface area contributed by atoms with Crippen LogP contribution in [0.4, 0.5) is 0 Å². The summed E-state index contributed by atoms with van der Waals surface area (Å²) in [5, 5.41) is 0. The lowest BCUT2D eigenvalue weighted by atomic mass is 10.0. The van der Waals surface area contributed by atoms with Crippen molar-refractivity contribution >= 4 is 17.9 Å². The Kier molecular flexibility index (Phi) is 56.3. The van der Waals surface area contributed by atoms with Crippen LogP contribution in [0.15, 0.2) is 60.8 Å². The third kappa shape index (κ3) is 56.0. The van der Waals surface area contributed by atoms with Crippen LogP contribution in [-0.4, -0.2) is 37.2 Å².